The van der Waals surface area contributed by atoms with Crippen LogP contribution in [-0.2, 0) is 29.3 Å². The first-order valence-corrected chi connectivity index (χ1v) is 13.8. The largest absolute Gasteiger partial charge is 2.00 e. The second kappa shape index (κ2) is 20.1. The second-order valence-corrected chi connectivity index (χ2v) is 9.24. The molecule has 0 aromatic heterocycles. The number of aryl methyl sites for hydroxylation is 2. The number of para-hydroxylation sites is 2. The fourth-order valence-corrected chi connectivity index (χ4v) is 3.81. The van der Waals surface area contributed by atoms with Gasteiger partial charge in [0.05, 0.1) is 17.1 Å². The molecule has 38 heavy (non-hydrogen) atoms. The van der Waals surface area contributed by atoms with Crippen molar-refractivity contribution in [1.29, 1.82) is 0 Å². The molecule has 0 N–H and O–H groups in total. The Morgan fingerprint density at radius 1 is 0.632 bits per heavy atom. The third-order valence-corrected chi connectivity index (χ3v) is 6.06. The number of unbranched alkanes of at least 4 members (excludes halogenated alkanes) is 4. The van der Waals surface area contributed by atoms with Gasteiger partial charge in [-0.25, -0.2) is 0 Å². The molecule has 3 aromatic carbocycles. The molecule has 0 saturated carbocycles. The van der Waals surface area contributed by atoms with Gasteiger partial charge in [-0.3, -0.25) is 9.98 Å². The van der Waals surface area contributed by atoms with Crippen LogP contribution >= 0.6 is 0 Å². The Balaban J connectivity index is 0.000000375. The summed E-state index contributed by atoms with van der Waals surface area (Å²) < 4.78 is 0. The Bertz CT molecular complexity index is 1080. The quantitative estimate of drug-likeness (QED) is 0.121. The first-order valence-electron chi connectivity index (χ1n) is 13.8. The molecule has 3 aromatic rings. The molecule has 0 fully saturated rings. The predicted octanol–water partition coefficient (Wildman–Crippen LogP) is 8.26. The zero-order chi connectivity index (χ0) is 26.7. The van der Waals surface area contributed by atoms with E-state index in [-0.39, 0.29) is 28.0 Å². The smallest absolute Gasteiger partial charge is 0.873 e. The van der Waals surface area contributed by atoms with E-state index in [1.165, 1.54) is 0 Å². The van der Waals surface area contributed by atoms with Crippen LogP contribution in [0.1, 0.15) is 83.3 Å². The Labute approximate surface area is 239 Å². The van der Waals surface area contributed by atoms with Crippen LogP contribution < -0.4 is 10.2 Å². The van der Waals surface area contributed by atoms with Gasteiger partial charge in [0.2, 0.25) is 0 Å². The predicted molar refractivity (Wildman–Crippen MR) is 155 cm³/mol. The summed E-state index contributed by atoms with van der Waals surface area (Å²) in [6, 6.07) is 23.7. The third-order valence-electron chi connectivity index (χ3n) is 6.06. The van der Waals surface area contributed by atoms with Crippen LogP contribution in [0.3, 0.4) is 0 Å². The number of rotatable bonds is 13. The summed E-state index contributed by atoms with van der Waals surface area (Å²) in [5.41, 5.74) is 4.37. The average molecular weight is 557 g/mol. The van der Waals surface area contributed by atoms with Gasteiger partial charge in [0, 0.05) is 6.21 Å². The summed E-state index contributed by atoms with van der Waals surface area (Å²) in [4.78, 5) is 9.18. The number of hydrogen-bond acceptors (Lipinski definition) is 4. The minimum Gasteiger partial charge on any atom is -0.873 e. The maximum atomic E-state index is 11.8. The van der Waals surface area contributed by atoms with Crippen molar-refractivity contribution in [2.45, 2.75) is 85.0 Å². The molecular weight excluding hydrogens is 515 g/mol. The van der Waals surface area contributed by atoms with Crippen LogP contribution in [0.2, 0.25) is 0 Å². The zero-order valence-corrected chi connectivity index (χ0v) is 24.1. The normalized spacial score (nSPS) is 11.1. The maximum Gasteiger partial charge on any atom is 2.00 e. The Kier molecular flexibility index (Phi) is 17.5. The average Bonchev–Trinajstić information content (AvgIpc) is 2.93. The van der Waals surface area contributed by atoms with E-state index in [4.69, 9.17) is 0 Å². The van der Waals surface area contributed by atoms with Gasteiger partial charge in [-0.1, -0.05) is 106 Å². The molecule has 0 unspecified atom stereocenters. The van der Waals surface area contributed by atoms with E-state index in [9.17, 15) is 10.2 Å². The Morgan fingerprint density at radius 2 is 1.13 bits per heavy atom. The van der Waals surface area contributed by atoms with E-state index in [0.29, 0.717) is 11.1 Å². The van der Waals surface area contributed by atoms with E-state index < -0.39 is 0 Å². The van der Waals surface area contributed by atoms with Gasteiger partial charge < -0.3 is 10.2 Å². The topological polar surface area (TPSA) is 70.8 Å². The molecule has 5 heteroatoms. The summed E-state index contributed by atoms with van der Waals surface area (Å²) in [6.07, 6.45) is 11.9. The monoisotopic (exact) mass is 556 g/mol. The van der Waals surface area contributed by atoms with E-state index in [0.717, 1.165) is 81.3 Å². The Morgan fingerprint density at radius 3 is 1.66 bits per heavy atom. The molecule has 3 rings (SSSR count). The second-order valence-electron chi connectivity index (χ2n) is 9.24. The fourth-order valence-electron chi connectivity index (χ4n) is 3.81. The van der Waals surface area contributed by atoms with Gasteiger partial charge in [-0.15, -0.1) is 11.5 Å². The molecule has 0 radical (unpaired) electrons. The fraction of sp³-hybridized carbons (Fsp3) is 0.394. The van der Waals surface area contributed by atoms with Gasteiger partial charge in [0.25, 0.3) is 0 Å². The van der Waals surface area contributed by atoms with Crippen molar-refractivity contribution >= 4 is 23.3 Å². The zero-order valence-electron chi connectivity index (χ0n) is 23.1. The van der Waals surface area contributed by atoms with Gasteiger partial charge >= 0.3 is 16.5 Å². The van der Waals surface area contributed by atoms with Crippen LogP contribution in [-0.4, -0.2) is 11.9 Å². The summed E-state index contributed by atoms with van der Waals surface area (Å²) in [7, 11) is 0. The number of benzene rings is 3. The van der Waals surface area contributed by atoms with Gasteiger partial charge in [-0.2, -0.15) is 0 Å². The standard InChI is InChI=1S/C18H20N2.C15H24O2.Ni/c1-2-3-10-18(20-17-13-8-5-9-14-17)15-19-16-11-6-4-7-12-16;1-3-5-7-9-13-11-10-12(8-6-4-2)14(16)15(13)17;/h4-9,11-15H,2-3,10H2,1H3;10-11,16-17H,3-9H2,1-2H3;/q;;+2/p-2. The van der Waals surface area contributed by atoms with E-state index in [2.05, 4.69) is 30.8 Å². The van der Waals surface area contributed by atoms with E-state index in [1.54, 1.807) is 0 Å². The molecule has 0 heterocycles. The summed E-state index contributed by atoms with van der Waals surface area (Å²) in [6.45, 7) is 6.40. The van der Waals surface area contributed by atoms with E-state index >= 15 is 0 Å². The van der Waals surface area contributed by atoms with Crippen LogP contribution in [0.4, 0.5) is 11.4 Å². The first-order chi connectivity index (χ1) is 18.1. The van der Waals surface area contributed by atoms with Crippen LogP contribution in [0.25, 0.3) is 0 Å². The molecule has 0 aliphatic heterocycles. The molecule has 0 spiro atoms. The van der Waals surface area contributed by atoms with Crippen molar-refractivity contribution in [1.82, 2.24) is 0 Å². The minimum atomic E-state index is -0.271. The molecule has 0 aliphatic rings. The molecule has 0 aliphatic carbocycles. The van der Waals surface area contributed by atoms with Gasteiger partial charge in [0.1, 0.15) is 0 Å². The van der Waals surface area contributed by atoms with Crippen LogP contribution in [0.5, 0.6) is 11.5 Å². The van der Waals surface area contributed by atoms with Crippen molar-refractivity contribution in [3.8, 4) is 11.5 Å². The first kappa shape index (κ1) is 33.1. The molecule has 0 bridgehead atoms. The number of hydrogen-bond donors (Lipinski definition) is 0. The summed E-state index contributed by atoms with van der Waals surface area (Å²) in [5.74, 6) is -0.540. The van der Waals surface area contributed by atoms with Gasteiger partial charge in [0.15, 0.2) is 0 Å². The number of nitrogens with zero attached hydrogens (tertiary/aromatic N) is 2. The Hall–Kier alpha value is -2.91. The van der Waals surface area contributed by atoms with Crippen LogP contribution in [0, 0.1) is 0 Å². The SMILES string of the molecule is CCCCC(C=Nc1ccccc1)=Nc1ccccc1.CCCCCc1ccc(CCCC)c([O-])c1[O-].[Ni+2]. The molecule has 0 saturated heterocycles. The minimum absolute atomic E-state index is 0. The van der Waals surface area contributed by atoms with Gasteiger partial charge in [-0.05, 0) is 62.8 Å². The third kappa shape index (κ3) is 12.6. The summed E-state index contributed by atoms with van der Waals surface area (Å²) >= 11 is 0. The molecule has 206 valence electrons. The van der Waals surface area contributed by atoms with Crippen molar-refractivity contribution in [2.75, 3.05) is 0 Å². The summed E-state index contributed by atoms with van der Waals surface area (Å²) in [5, 5.41) is 23.7. The maximum absolute atomic E-state index is 11.8. The van der Waals surface area contributed by atoms with Crippen molar-refractivity contribution in [3.63, 3.8) is 0 Å². The van der Waals surface area contributed by atoms with Crippen molar-refractivity contribution in [2.24, 2.45) is 9.98 Å². The molecule has 4 nitrogen and oxygen atoms in total. The van der Waals surface area contributed by atoms with Crippen LogP contribution in [0.15, 0.2) is 82.8 Å². The molecular formula is C33H42N2NiO2. The van der Waals surface area contributed by atoms with Crippen molar-refractivity contribution < 1.29 is 26.7 Å². The molecule has 0 atom stereocenters. The van der Waals surface area contributed by atoms with E-state index in [1.807, 2.05) is 79.0 Å². The molecule has 0 amide bonds. The van der Waals surface area contributed by atoms with Crippen molar-refractivity contribution in [3.05, 3.63) is 83.9 Å². The number of aliphatic imine (C=N–C) groups is 2.